The Balaban J connectivity index is 1.75. The highest BCUT2D eigenvalue weighted by Gasteiger charge is 2.17. The van der Waals surface area contributed by atoms with E-state index in [0.717, 1.165) is 5.56 Å². The average Bonchev–Trinajstić information content (AvgIpc) is 2.59. The smallest absolute Gasteiger partial charge is 0.261 e. The molecule has 4 nitrogen and oxygen atoms in total. The summed E-state index contributed by atoms with van der Waals surface area (Å²) in [5, 5.41) is 2.78. The Morgan fingerprint density at radius 2 is 1.71 bits per heavy atom. The summed E-state index contributed by atoms with van der Waals surface area (Å²) in [4.78, 5) is 12.2. The first kappa shape index (κ1) is 17.8. The minimum absolute atomic E-state index is 0.180. The lowest BCUT2D eigenvalue weighted by molar-refractivity contribution is -0.128. The lowest BCUT2D eigenvalue weighted by atomic mass is 10.2. The van der Waals surface area contributed by atoms with Gasteiger partial charge < -0.3 is 14.8 Å². The van der Waals surface area contributed by atoms with Crippen LogP contribution in [0.25, 0.3) is 0 Å². The molecule has 0 aromatic heterocycles. The monoisotopic (exact) mass is 331 g/mol. The maximum Gasteiger partial charge on any atom is 0.261 e. The number of rotatable bonds is 8. The largest absolute Gasteiger partial charge is 0.492 e. The number of carbonyl (C=O) groups is 1. The molecule has 2 rings (SSSR count). The summed E-state index contributed by atoms with van der Waals surface area (Å²) in [7, 11) is 0. The maximum absolute atomic E-state index is 12.8. The molecule has 0 radical (unpaired) electrons. The molecule has 0 saturated carbocycles. The van der Waals surface area contributed by atoms with Crippen LogP contribution in [-0.2, 0) is 4.79 Å². The van der Waals surface area contributed by atoms with Crippen LogP contribution in [0.4, 0.5) is 4.39 Å². The van der Waals surface area contributed by atoms with Crippen molar-refractivity contribution in [3.63, 3.8) is 0 Å². The van der Waals surface area contributed by atoms with Crippen molar-refractivity contribution in [1.82, 2.24) is 5.32 Å². The summed E-state index contributed by atoms with van der Waals surface area (Å²) in [6.07, 6.45) is 0.0250. The van der Waals surface area contributed by atoms with Crippen molar-refractivity contribution in [3.8, 4) is 11.5 Å². The molecule has 2 aromatic carbocycles. The highest BCUT2D eigenvalue weighted by atomic mass is 19.1. The van der Waals surface area contributed by atoms with Gasteiger partial charge in [-0.15, -0.1) is 0 Å². The number of nitrogens with one attached hydrogen (secondary N) is 1. The number of hydrogen-bond acceptors (Lipinski definition) is 3. The number of ether oxygens (including phenoxy) is 2. The summed E-state index contributed by atoms with van der Waals surface area (Å²) in [5.41, 5.74) is 1.14. The minimum Gasteiger partial charge on any atom is -0.492 e. The van der Waals surface area contributed by atoms with Gasteiger partial charge in [-0.05, 0) is 49.7 Å². The second kappa shape index (κ2) is 8.91. The third-order valence-corrected chi connectivity index (χ3v) is 3.45. The fourth-order valence-corrected chi connectivity index (χ4v) is 2.09. The standard InChI is InChI=1S/C19H22FNO3/c1-3-18(24-17-8-4-14(2)5-9-17)19(22)21-12-13-23-16-10-6-15(20)7-11-16/h4-11,18H,3,12-13H2,1-2H3,(H,21,22)/t18-/m0/s1. The summed E-state index contributed by atoms with van der Waals surface area (Å²) in [6, 6.07) is 13.3. The van der Waals surface area contributed by atoms with Crippen LogP contribution in [0.5, 0.6) is 11.5 Å². The number of aryl methyl sites for hydroxylation is 1. The van der Waals surface area contributed by atoms with Gasteiger partial charge in [0.2, 0.25) is 0 Å². The molecule has 5 heteroatoms. The van der Waals surface area contributed by atoms with Crippen molar-refractivity contribution in [2.75, 3.05) is 13.2 Å². The van der Waals surface area contributed by atoms with Gasteiger partial charge in [0.15, 0.2) is 6.10 Å². The lowest BCUT2D eigenvalue weighted by Crippen LogP contribution is -2.39. The second-order valence-electron chi connectivity index (χ2n) is 5.42. The molecule has 0 aliphatic rings. The van der Waals surface area contributed by atoms with Gasteiger partial charge in [-0.3, -0.25) is 4.79 Å². The van der Waals surface area contributed by atoms with Crippen LogP contribution in [0, 0.1) is 12.7 Å². The summed E-state index contributed by atoms with van der Waals surface area (Å²) < 4.78 is 23.9. The average molecular weight is 331 g/mol. The molecule has 0 aliphatic carbocycles. The number of halogens is 1. The van der Waals surface area contributed by atoms with Crippen LogP contribution in [-0.4, -0.2) is 25.2 Å². The lowest BCUT2D eigenvalue weighted by Gasteiger charge is -2.17. The molecular weight excluding hydrogens is 309 g/mol. The van der Waals surface area contributed by atoms with Crippen molar-refractivity contribution in [2.24, 2.45) is 0 Å². The van der Waals surface area contributed by atoms with Crippen LogP contribution in [0.3, 0.4) is 0 Å². The Bertz CT molecular complexity index is 641. The van der Waals surface area contributed by atoms with Gasteiger partial charge in [-0.1, -0.05) is 24.6 Å². The predicted molar refractivity (Wildman–Crippen MR) is 90.8 cm³/mol. The van der Waals surface area contributed by atoms with Gasteiger partial charge in [0.05, 0.1) is 6.54 Å². The van der Waals surface area contributed by atoms with E-state index >= 15 is 0 Å². The fraction of sp³-hybridized carbons (Fsp3) is 0.316. The molecule has 1 amide bonds. The quantitative estimate of drug-likeness (QED) is 0.753. The minimum atomic E-state index is -0.543. The zero-order valence-electron chi connectivity index (χ0n) is 13.9. The van der Waals surface area contributed by atoms with Crippen molar-refractivity contribution in [2.45, 2.75) is 26.4 Å². The first-order chi connectivity index (χ1) is 11.6. The molecule has 1 atom stereocenters. The van der Waals surface area contributed by atoms with Gasteiger partial charge in [0.25, 0.3) is 5.91 Å². The van der Waals surface area contributed by atoms with Crippen molar-refractivity contribution >= 4 is 5.91 Å². The van der Waals surface area contributed by atoms with Crippen LogP contribution < -0.4 is 14.8 Å². The van der Waals surface area contributed by atoms with Gasteiger partial charge >= 0.3 is 0 Å². The highest BCUT2D eigenvalue weighted by molar-refractivity contribution is 5.81. The van der Waals surface area contributed by atoms with E-state index in [1.807, 2.05) is 38.1 Å². The van der Waals surface area contributed by atoms with Gasteiger partial charge in [-0.2, -0.15) is 0 Å². The van der Waals surface area contributed by atoms with Gasteiger partial charge in [0, 0.05) is 0 Å². The van der Waals surface area contributed by atoms with E-state index in [9.17, 15) is 9.18 Å². The third kappa shape index (κ3) is 5.57. The molecule has 0 aliphatic heterocycles. The van der Waals surface area contributed by atoms with Crippen molar-refractivity contribution in [1.29, 1.82) is 0 Å². The van der Waals surface area contributed by atoms with E-state index in [1.165, 1.54) is 12.1 Å². The van der Waals surface area contributed by atoms with Crippen LogP contribution in [0.1, 0.15) is 18.9 Å². The number of amides is 1. The van der Waals surface area contributed by atoms with E-state index in [4.69, 9.17) is 9.47 Å². The molecular formula is C19H22FNO3. The molecule has 128 valence electrons. The van der Waals surface area contributed by atoms with E-state index < -0.39 is 6.10 Å². The van der Waals surface area contributed by atoms with Crippen LogP contribution >= 0.6 is 0 Å². The third-order valence-electron chi connectivity index (χ3n) is 3.45. The molecule has 0 spiro atoms. The first-order valence-electron chi connectivity index (χ1n) is 7.98. The predicted octanol–water partition coefficient (Wildman–Crippen LogP) is 3.49. The zero-order valence-corrected chi connectivity index (χ0v) is 13.9. The van der Waals surface area contributed by atoms with Gasteiger partial charge in [-0.25, -0.2) is 4.39 Å². The van der Waals surface area contributed by atoms with Crippen LogP contribution in [0.15, 0.2) is 48.5 Å². The van der Waals surface area contributed by atoms with Crippen molar-refractivity contribution in [3.05, 3.63) is 59.9 Å². The number of hydrogen-bond donors (Lipinski definition) is 1. The maximum atomic E-state index is 12.8. The summed E-state index contributed by atoms with van der Waals surface area (Å²) >= 11 is 0. The first-order valence-corrected chi connectivity index (χ1v) is 7.98. The Morgan fingerprint density at radius 1 is 1.08 bits per heavy atom. The normalized spacial score (nSPS) is 11.6. The number of carbonyl (C=O) groups excluding carboxylic acids is 1. The molecule has 2 aromatic rings. The Labute approximate surface area is 141 Å². The zero-order chi connectivity index (χ0) is 17.4. The molecule has 24 heavy (non-hydrogen) atoms. The summed E-state index contributed by atoms with van der Waals surface area (Å²) in [5.74, 6) is 0.745. The van der Waals surface area contributed by atoms with E-state index in [1.54, 1.807) is 12.1 Å². The fourth-order valence-electron chi connectivity index (χ4n) is 2.09. The molecule has 0 saturated heterocycles. The molecule has 0 heterocycles. The van der Waals surface area contributed by atoms with Crippen molar-refractivity contribution < 1.29 is 18.7 Å². The molecule has 0 fully saturated rings. The molecule has 1 N–H and O–H groups in total. The topological polar surface area (TPSA) is 47.6 Å². The Morgan fingerprint density at radius 3 is 2.33 bits per heavy atom. The Kier molecular flexibility index (Phi) is 6.61. The molecule has 0 unspecified atom stereocenters. The molecule has 0 bridgehead atoms. The number of benzene rings is 2. The SMILES string of the molecule is CC[C@H](Oc1ccc(C)cc1)C(=O)NCCOc1ccc(F)cc1. The van der Waals surface area contributed by atoms with Crippen LogP contribution in [0.2, 0.25) is 0 Å². The Hall–Kier alpha value is -2.56. The summed E-state index contributed by atoms with van der Waals surface area (Å²) in [6.45, 7) is 4.55. The van der Waals surface area contributed by atoms with E-state index in [2.05, 4.69) is 5.32 Å². The van der Waals surface area contributed by atoms with E-state index in [-0.39, 0.29) is 11.7 Å². The van der Waals surface area contributed by atoms with E-state index in [0.29, 0.717) is 31.1 Å². The van der Waals surface area contributed by atoms with Gasteiger partial charge in [0.1, 0.15) is 23.9 Å². The highest BCUT2D eigenvalue weighted by Crippen LogP contribution is 2.15. The second-order valence-corrected chi connectivity index (χ2v) is 5.42.